The van der Waals surface area contributed by atoms with Gasteiger partial charge in [0.2, 0.25) is 0 Å². The van der Waals surface area contributed by atoms with Crippen molar-refractivity contribution >= 4 is 10.8 Å². The Hall–Kier alpha value is -1.45. The minimum atomic E-state index is 0.401. The van der Waals surface area contributed by atoms with Gasteiger partial charge in [0.1, 0.15) is 0 Å². The topological polar surface area (TPSA) is 28.2 Å². The molecule has 0 aliphatic rings. The van der Waals surface area contributed by atoms with Gasteiger partial charge in [-0.3, -0.25) is 4.98 Å². The van der Waals surface area contributed by atoms with E-state index in [4.69, 9.17) is 0 Å². The molecule has 2 rings (SSSR count). The summed E-state index contributed by atoms with van der Waals surface area (Å²) in [6.07, 6.45) is 4.93. The maximum atomic E-state index is 4.20. The molecule has 1 unspecified atom stereocenters. The van der Waals surface area contributed by atoms with Crippen molar-refractivity contribution in [2.24, 2.45) is 0 Å². The molecule has 3 nitrogen and oxygen atoms in total. The van der Waals surface area contributed by atoms with Crippen LogP contribution in [0.1, 0.15) is 24.9 Å². The minimum absolute atomic E-state index is 0.401. The predicted molar refractivity (Wildman–Crippen MR) is 81.3 cm³/mol. The zero-order valence-electron chi connectivity index (χ0n) is 12.1. The van der Waals surface area contributed by atoms with Gasteiger partial charge in [-0.1, -0.05) is 25.1 Å². The first-order valence-corrected chi connectivity index (χ1v) is 6.93. The van der Waals surface area contributed by atoms with Crippen LogP contribution in [0.4, 0.5) is 0 Å². The molecule has 0 aliphatic heterocycles. The SMILES string of the molecule is CCNC(CCN(C)C)c1cccc2cnccc12. The molecule has 2 aromatic rings. The summed E-state index contributed by atoms with van der Waals surface area (Å²) in [6.45, 7) is 4.23. The molecule has 0 bridgehead atoms. The lowest BCUT2D eigenvalue weighted by Gasteiger charge is -2.22. The molecule has 1 heterocycles. The standard InChI is InChI=1S/C16H23N3/c1-4-18-16(9-11-19(2)3)15-7-5-6-13-12-17-10-8-14(13)15/h5-8,10,12,16,18H,4,9,11H2,1-3H3. The van der Waals surface area contributed by atoms with Gasteiger partial charge in [0, 0.05) is 23.8 Å². The average molecular weight is 257 g/mol. The minimum Gasteiger partial charge on any atom is -0.310 e. The molecule has 0 saturated carbocycles. The number of nitrogens with zero attached hydrogens (tertiary/aromatic N) is 2. The smallest absolute Gasteiger partial charge is 0.0346 e. The molecule has 0 saturated heterocycles. The quantitative estimate of drug-likeness (QED) is 0.862. The van der Waals surface area contributed by atoms with Gasteiger partial charge in [-0.05, 0) is 50.6 Å². The maximum absolute atomic E-state index is 4.20. The fraction of sp³-hybridized carbons (Fsp3) is 0.438. The van der Waals surface area contributed by atoms with Gasteiger partial charge in [-0.25, -0.2) is 0 Å². The van der Waals surface area contributed by atoms with E-state index in [0.29, 0.717) is 6.04 Å². The summed E-state index contributed by atoms with van der Waals surface area (Å²) >= 11 is 0. The zero-order chi connectivity index (χ0) is 13.7. The van der Waals surface area contributed by atoms with Gasteiger partial charge in [0.05, 0.1) is 0 Å². The fourth-order valence-corrected chi connectivity index (χ4v) is 2.45. The summed E-state index contributed by atoms with van der Waals surface area (Å²) in [5.74, 6) is 0. The Kier molecular flexibility index (Phi) is 4.88. The van der Waals surface area contributed by atoms with Crippen molar-refractivity contribution < 1.29 is 0 Å². The Morgan fingerprint density at radius 3 is 2.84 bits per heavy atom. The summed E-state index contributed by atoms with van der Waals surface area (Å²) in [4.78, 5) is 6.44. The van der Waals surface area contributed by atoms with E-state index < -0.39 is 0 Å². The second-order valence-electron chi connectivity index (χ2n) is 5.15. The van der Waals surface area contributed by atoms with Gasteiger partial charge in [0.15, 0.2) is 0 Å². The Bertz CT molecular complexity index is 517. The van der Waals surface area contributed by atoms with E-state index in [2.05, 4.69) is 60.5 Å². The third-order valence-electron chi connectivity index (χ3n) is 3.41. The Balaban J connectivity index is 2.32. The van der Waals surface area contributed by atoms with Crippen LogP contribution in [0.5, 0.6) is 0 Å². The number of hydrogen-bond donors (Lipinski definition) is 1. The summed E-state index contributed by atoms with van der Waals surface area (Å²) in [7, 11) is 4.24. The van der Waals surface area contributed by atoms with Crippen molar-refractivity contribution in [2.75, 3.05) is 27.2 Å². The van der Waals surface area contributed by atoms with Crippen LogP contribution in [0.3, 0.4) is 0 Å². The van der Waals surface area contributed by atoms with E-state index in [9.17, 15) is 0 Å². The number of pyridine rings is 1. The molecule has 1 aromatic carbocycles. The van der Waals surface area contributed by atoms with Crippen LogP contribution in [0.25, 0.3) is 10.8 Å². The lowest BCUT2D eigenvalue weighted by Crippen LogP contribution is -2.25. The lowest BCUT2D eigenvalue weighted by molar-refractivity contribution is 0.364. The van der Waals surface area contributed by atoms with Crippen molar-refractivity contribution in [1.82, 2.24) is 15.2 Å². The summed E-state index contributed by atoms with van der Waals surface area (Å²) in [5, 5.41) is 6.12. The molecular weight excluding hydrogens is 234 g/mol. The summed E-state index contributed by atoms with van der Waals surface area (Å²) in [6, 6.07) is 8.99. The Morgan fingerprint density at radius 1 is 1.26 bits per heavy atom. The van der Waals surface area contributed by atoms with Crippen molar-refractivity contribution in [3.63, 3.8) is 0 Å². The molecule has 0 spiro atoms. The number of hydrogen-bond acceptors (Lipinski definition) is 3. The molecule has 102 valence electrons. The second-order valence-corrected chi connectivity index (χ2v) is 5.15. The number of fused-ring (bicyclic) bond motifs is 1. The highest BCUT2D eigenvalue weighted by Gasteiger charge is 2.13. The van der Waals surface area contributed by atoms with Crippen LogP contribution in [-0.2, 0) is 0 Å². The molecule has 0 aliphatic carbocycles. The molecule has 0 fully saturated rings. The second kappa shape index (κ2) is 6.64. The molecule has 0 radical (unpaired) electrons. The fourth-order valence-electron chi connectivity index (χ4n) is 2.45. The molecule has 0 amide bonds. The number of benzene rings is 1. The van der Waals surface area contributed by atoms with Gasteiger partial charge in [-0.15, -0.1) is 0 Å². The molecule has 3 heteroatoms. The number of rotatable bonds is 6. The predicted octanol–water partition coefficient (Wildman–Crippen LogP) is 2.84. The largest absolute Gasteiger partial charge is 0.310 e. The lowest BCUT2D eigenvalue weighted by atomic mass is 9.97. The number of nitrogens with one attached hydrogen (secondary N) is 1. The van der Waals surface area contributed by atoms with Gasteiger partial charge in [-0.2, -0.15) is 0 Å². The first-order chi connectivity index (χ1) is 9.22. The highest BCUT2D eigenvalue weighted by Crippen LogP contribution is 2.25. The first-order valence-electron chi connectivity index (χ1n) is 6.93. The van der Waals surface area contributed by atoms with Crippen molar-refractivity contribution in [1.29, 1.82) is 0 Å². The average Bonchev–Trinajstić information content (AvgIpc) is 2.43. The molecule has 1 atom stereocenters. The first kappa shape index (κ1) is 14.0. The number of aromatic nitrogens is 1. The summed E-state index contributed by atoms with van der Waals surface area (Å²) < 4.78 is 0. The molecule has 1 aromatic heterocycles. The normalized spacial score (nSPS) is 13.1. The van der Waals surface area contributed by atoms with Crippen molar-refractivity contribution in [3.8, 4) is 0 Å². The summed E-state index contributed by atoms with van der Waals surface area (Å²) in [5.41, 5.74) is 1.38. The third-order valence-corrected chi connectivity index (χ3v) is 3.41. The Morgan fingerprint density at radius 2 is 2.11 bits per heavy atom. The molecular formula is C16H23N3. The van der Waals surface area contributed by atoms with Crippen LogP contribution in [-0.4, -0.2) is 37.1 Å². The van der Waals surface area contributed by atoms with E-state index in [1.165, 1.54) is 16.3 Å². The van der Waals surface area contributed by atoms with Crippen LogP contribution in [0.2, 0.25) is 0 Å². The van der Waals surface area contributed by atoms with Gasteiger partial charge < -0.3 is 10.2 Å². The van der Waals surface area contributed by atoms with E-state index in [-0.39, 0.29) is 0 Å². The maximum Gasteiger partial charge on any atom is 0.0346 e. The van der Waals surface area contributed by atoms with Crippen LogP contribution >= 0.6 is 0 Å². The van der Waals surface area contributed by atoms with Gasteiger partial charge >= 0.3 is 0 Å². The van der Waals surface area contributed by atoms with E-state index in [0.717, 1.165) is 19.5 Å². The highest BCUT2D eigenvalue weighted by molar-refractivity contribution is 5.85. The van der Waals surface area contributed by atoms with Crippen LogP contribution < -0.4 is 5.32 Å². The molecule has 19 heavy (non-hydrogen) atoms. The van der Waals surface area contributed by atoms with Crippen molar-refractivity contribution in [2.45, 2.75) is 19.4 Å². The van der Waals surface area contributed by atoms with Crippen LogP contribution in [0.15, 0.2) is 36.7 Å². The van der Waals surface area contributed by atoms with Crippen LogP contribution in [0, 0.1) is 0 Å². The van der Waals surface area contributed by atoms with E-state index >= 15 is 0 Å². The van der Waals surface area contributed by atoms with Crippen molar-refractivity contribution in [3.05, 3.63) is 42.2 Å². The van der Waals surface area contributed by atoms with E-state index in [1.807, 2.05) is 12.4 Å². The Labute approximate surface area is 115 Å². The monoisotopic (exact) mass is 257 g/mol. The van der Waals surface area contributed by atoms with Gasteiger partial charge in [0.25, 0.3) is 0 Å². The molecule has 1 N–H and O–H groups in total. The third kappa shape index (κ3) is 3.52. The highest BCUT2D eigenvalue weighted by atomic mass is 15.1. The van der Waals surface area contributed by atoms with E-state index in [1.54, 1.807) is 0 Å². The zero-order valence-corrected chi connectivity index (χ0v) is 12.1.